The van der Waals surface area contributed by atoms with Gasteiger partial charge in [0.1, 0.15) is 17.2 Å². The van der Waals surface area contributed by atoms with Crippen LogP contribution in [0.25, 0.3) is 5.57 Å². The van der Waals surface area contributed by atoms with Gasteiger partial charge in [-0.15, -0.1) is 0 Å². The lowest BCUT2D eigenvalue weighted by molar-refractivity contribution is -0.120. The van der Waals surface area contributed by atoms with Crippen molar-refractivity contribution < 1.29 is 19.1 Å². The van der Waals surface area contributed by atoms with Crippen LogP contribution < -0.4 is 19.7 Å². The summed E-state index contributed by atoms with van der Waals surface area (Å²) in [6.07, 6.45) is 0.890. The van der Waals surface area contributed by atoms with E-state index in [-0.39, 0.29) is 5.70 Å². The first-order valence-electron chi connectivity index (χ1n) is 11.4. The Balaban J connectivity index is 1.78. The molecular weight excluding hydrogens is 428 g/mol. The highest BCUT2D eigenvalue weighted by molar-refractivity contribution is 6.46. The fraction of sp³-hybridized carbons (Fsp3) is 0.214. The predicted molar refractivity (Wildman–Crippen MR) is 134 cm³/mol. The lowest BCUT2D eigenvalue weighted by atomic mass is 10.0. The second-order valence-electron chi connectivity index (χ2n) is 7.96. The van der Waals surface area contributed by atoms with Crippen LogP contribution in [0, 0.1) is 6.92 Å². The average Bonchev–Trinajstić information content (AvgIpc) is 3.08. The lowest BCUT2D eigenvalue weighted by Crippen LogP contribution is -2.32. The molecule has 1 heterocycles. The van der Waals surface area contributed by atoms with Crippen molar-refractivity contribution >= 4 is 28.8 Å². The van der Waals surface area contributed by atoms with Crippen LogP contribution in [0.4, 0.5) is 11.4 Å². The molecule has 174 valence electrons. The van der Waals surface area contributed by atoms with Crippen molar-refractivity contribution in [1.82, 2.24) is 0 Å². The second-order valence-corrected chi connectivity index (χ2v) is 7.96. The summed E-state index contributed by atoms with van der Waals surface area (Å²) in [5, 5.41) is 3.20. The Bertz CT molecular complexity index is 1230. The number of imide groups is 1. The highest BCUT2D eigenvalue weighted by Crippen LogP contribution is 2.38. The van der Waals surface area contributed by atoms with E-state index in [1.165, 1.54) is 4.90 Å². The number of amides is 2. The van der Waals surface area contributed by atoms with Gasteiger partial charge in [0.2, 0.25) is 0 Å². The molecule has 1 N–H and O–H groups in total. The van der Waals surface area contributed by atoms with Gasteiger partial charge in [0.05, 0.1) is 24.5 Å². The fourth-order valence-electron chi connectivity index (χ4n) is 3.80. The van der Waals surface area contributed by atoms with Crippen molar-refractivity contribution in [2.45, 2.75) is 27.2 Å². The standard InChI is InChI=1S/C28H28N2O4/c1-4-17-34-22-10-8-9-21(18-22)29-26-25(20-15-13-19(3)14-16-20)27(31)30(28(26)32)23-11-6-7-12-24(23)33-5-2/h6-16,18,29H,4-5,17H2,1-3H3. The number of nitrogens with one attached hydrogen (secondary N) is 1. The number of rotatable bonds is 9. The van der Waals surface area contributed by atoms with Gasteiger partial charge in [0, 0.05) is 11.8 Å². The monoisotopic (exact) mass is 456 g/mol. The van der Waals surface area contributed by atoms with Crippen LogP contribution in [0.5, 0.6) is 11.5 Å². The first-order chi connectivity index (χ1) is 16.5. The average molecular weight is 457 g/mol. The van der Waals surface area contributed by atoms with Gasteiger partial charge in [-0.25, -0.2) is 4.90 Å². The maximum Gasteiger partial charge on any atom is 0.282 e. The van der Waals surface area contributed by atoms with Crippen molar-refractivity contribution in [2.75, 3.05) is 23.4 Å². The smallest absolute Gasteiger partial charge is 0.282 e. The van der Waals surface area contributed by atoms with Gasteiger partial charge in [-0.3, -0.25) is 9.59 Å². The molecule has 2 amide bonds. The number of ether oxygens (including phenoxy) is 2. The quantitative estimate of drug-likeness (QED) is 0.426. The SMILES string of the molecule is CCCOc1cccc(NC2=C(c3ccc(C)cc3)C(=O)N(c3ccccc3OCC)C2=O)c1. The highest BCUT2D eigenvalue weighted by atomic mass is 16.5. The van der Waals surface area contributed by atoms with Crippen LogP contribution in [-0.2, 0) is 9.59 Å². The van der Waals surface area contributed by atoms with E-state index in [4.69, 9.17) is 9.47 Å². The van der Waals surface area contributed by atoms with Crippen molar-refractivity contribution in [3.05, 3.63) is 89.6 Å². The molecular formula is C28H28N2O4. The molecule has 0 aromatic heterocycles. The van der Waals surface area contributed by atoms with Crippen LogP contribution in [0.15, 0.2) is 78.5 Å². The number of carbonyl (C=O) groups excluding carboxylic acids is 2. The zero-order valence-electron chi connectivity index (χ0n) is 19.6. The summed E-state index contributed by atoms with van der Waals surface area (Å²) < 4.78 is 11.4. The maximum atomic E-state index is 13.7. The molecule has 6 nitrogen and oxygen atoms in total. The van der Waals surface area contributed by atoms with E-state index in [0.717, 1.165) is 12.0 Å². The summed E-state index contributed by atoms with van der Waals surface area (Å²) in [5.41, 5.74) is 3.34. The molecule has 0 fully saturated rings. The molecule has 0 spiro atoms. The number of hydrogen-bond acceptors (Lipinski definition) is 5. The van der Waals surface area contributed by atoms with Crippen molar-refractivity contribution in [2.24, 2.45) is 0 Å². The molecule has 6 heteroatoms. The third-order valence-corrected chi connectivity index (χ3v) is 5.41. The van der Waals surface area contributed by atoms with E-state index in [2.05, 4.69) is 5.32 Å². The van der Waals surface area contributed by atoms with E-state index in [9.17, 15) is 9.59 Å². The molecule has 0 saturated carbocycles. The Morgan fingerprint density at radius 2 is 1.62 bits per heavy atom. The van der Waals surface area contributed by atoms with Crippen LogP contribution in [-0.4, -0.2) is 25.0 Å². The Hall–Kier alpha value is -4.06. The van der Waals surface area contributed by atoms with Crippen LogP contribution in [0.3, 0.4) is 0 Å². The zero-order chi connectivity index (χ0) is 24.1. The molecule has 1 aliphatic heterocycles. The van der Waals surface area contributed by atoms with E-state index in [0.29, 0.717) is 47.2 Å². The number of benzene rings is 3. The van der Waals surface area contributed by atoms with Crippen molar-refractivity contribution in [3.8, 4) is 11.5 Å². The Labute approximate surface area is 199 Å². The first-order valence-corrected chi connectivity index (χ1v) is 11.4. The van der Waals surface area contributed by atoms with Crippen molar-refractivity contribution in [1.29, 1.82) is 0 Å². The number of nitrogens with zero attached hydrogens (tertiary/aromatic N) is 1. The number of aryl methyl sites for hydroxylation is 1. The summed E-state index contributed by atoms with van der Waals surface area (Å²) in [6.45, 7) is 6.89. The van der Waals surface area contributed by atoms with E-state index in [1.54, 1.807) is 18.2 Å². The Kier molecular flexibility index (Phi) is 6.97. The van der Waals surface area contributed by atoms with Crippen molar-refractivity contribution in [3.63, 3.8) is 0 Å². The number of para-hydroxylation sites is 2. The predicted octanol–water partition coefficient (Wildman–Crippen LogP) is 5.58. The molecule has 0 saturated heterocycles. The van der Waals surface area contributed by atoms with Crippen LogP contribution in [0.2, 0.25) is 0 Å². The minimum Gasteiger partial charge on any atom is -0.494 e. The van der Waals surface area contributed by atoms with Gasteiger partial charge in [-0.2, -0.15) is 0 Å². The third kappa shape index (κ3) is 4.66. The molecule has 0 unspecified atom stereocenters. The molecule has 0 atom stereocenters. The third-order valence-electron chi connectivity index (χ3n) is 5.41. The minimum atomic E-state index is -0.437. The number of anilines is 2. The van der Waals surface area contributed by atoms with Gasteiger partial charge < -0.3 is 14.8 Å². The molecule has 34 heavy (non-hydrogen) atoms. The Morgan fingerprint density at radius 1 is 0.853 bits per heavy atom. The molecule has 0 bridgehead atoms. The number of hydrogen-bond donors (Lipinski definition) is 1. The molecule has 0 aliphatic carbocycles. The first kappa shape index (κ1) is 23.1. The van der Waals surface area contributed by atoms with E-state index >= 15 is 0 Å². The largest absolute Gasteiger partial charge is 0.494 e. The molecule has 0 radical (unpaired) electrons. The van der Waals surface area contributed by atoms with Crippen LogP contribution >= 0.6 is 0 Å². The summed E-state index contributed by atoms with van der Waals surface area (Å²) in [5.74, 6) is 0.334. The lowest BCUT2D eigenvalue weighted by Gasteiger charge is -2.19. The fourth-order valence-corrected chi connectivity index (χ4v) is 3.80. The van der Waals surface area contributed by atoms with Gasteiger partial charge >= 0.3 is 0 Å². The molecule has 1 aliphatic rings. The minimum absolute atomic E-state index is 0.216. The van der Waals surface area contributed by atoms with Gasteiger partial charge in [-0.05, 0) is 50.1 Å². The number of carbonyl (C=O) groups is 2. The maximum absolute atomic E-state index is 13.7. The normalized spacial score (nSPS) is 13.4. The second kappa shape index (κ2) is 10.3. The topological polar surface area (TPSA) is 67.9 Å². The molecule has 3 aromatic carbocycles. The Morgan fingerprint density at radius 3 is 2.35 bits per heavy atom. The summed E-state index contributed by atoms with van der Waals surface area (Å²) in [7, 11) is 0. The van der Waals surface area contributed by atoms with Gasteiger partial charge in [-0.1, -0.05) is 55.0 Å². The molecule has 3 aromatic rings. The summed E-state index contributed by atoms with van der Waals surface area (Å²) >= 11 is 0. The highest BCUT2D eigenvalue weighted by Gasteiger charge is 2.41. The van der Waals surface area contributed by atoms with E-state index < -0.39 is 11.8 Å². The summed E-state index contributed by atoms with van der Waals surface area (Å²) in [6, 6.07) is 22.0. The zero-order valence-corrected chi connectivity index (χ0v) is 19.6. The van der Waals surface area contributed by atoms with E-state index in [1.807, 2.05) is 75.4 Å². The van der Waals surface area contributed by atoms with Crippen LogP contribution in [0.1, 0.15) is 31.4 Å². The molecule has 4 rings (SSSR count). The summed E-state index contributed by atoms with van der Waals surface area (Å²) in [4.78, 5) is 28.6. The van der Waals surface area contributed by atoms with Gasteiger partial charge in [0.15, 0.2) is 0 Å². The van der Waals surface area contributed by atoms with Gasteiger partial charge in [0.25, 0.3) is 11.8 Å².